The first-order chi connectivity index (χ1) is 8.00. The minimum atomic E-state index is -0.0629. The Morgan fingerprint density at radius 3 is 2.53 bits per heavy atom. The molecule has 0 aliphatic rings. The third-order valence-electron chi connectivity index (χ3n) is 2.88. The molecule has 0 saturated heterocycles. The van der Waals surface area contributed by atoms with Crippen molar-refractivity contribution in [1.29, 1.82) is 0 Å². The molecule has 1 amide bonds. The van der Waals surface area contributed by atoms with Crippen LogP contribution in [0.1, 0.15) is 12.5 Å². The lowest BCUT2D eigenvalue weighted by molar-refractivity contribution is -0.119. The van der Waals surface area contributed by atoms with Crippen LogP contribution in [0.15, 0.2) is 23.0 Å². The highest BCUT2D eigenvalue weighted by Gasteiger charge is 2.07. The van der Waals surface area contributed by atoms with Gasteiger partial charge in [0, 0.05) is 27.6 Å². The van der Waals surface area contributed by atoms with Crippen molar-refractivity contribution in [2.75, 3.05) is 0 Å². The minimum absolute atomic E-state index is 0.0447. The monoisotopic (exact) mass is 233 g/mol. The Morgan fingerprint density at radius 2 is 1.88 bits per heavy atom. The maximum atomic E-state index is 11.7. The first-order valence-corrected chi connectivity index (χ1v) is 5.39. The maximum Gasteiger partial charge on any atom is 0.328 e. The molecule has 5 nitrogen and oxygen atoms in total. The number of benzene rings is 1. The second-order valence-corrected chi connectivity index (χ2v) is 4.13. The molecule has 0 spiro atoms. The van der Waals surface area contributed by atoms with Crippen LogP contribution in [0.4, 0.5) is 0 Å². The number of aryl methyl sites for hydroxylation is 2. The number of imidazole rings is 1. The van der Waals surface area contributed by atoms with E-state index in [-0.39, 0.29) is 11.6 Å². The zero-order valence-electron chi connectivity index (χ0n) is 10.2. The fourth-order valence-corrected chi connectivity index (χ4v) is 1.89. The predicted molar refractivity (Wildman–Crippen MR) is 65.7 cm³/mol. The predicted octanol–water partition coefficient (Wildman–Crippen LogP) is 0.513. The number of nitrogens with zero attached hydrogens (tertiary/aromatic N) is 2. The highest BCUT2D eigenvalue weighted by Crippen LogP contribution is 2.13. The van der Waals surface area contributed by atoms with Crippen LogP contribution in [0, 0.1) is 0 Å². The Morgan fingerprint density at radius 1 is 1.24 bits per heavy atom. The van der Waals surface area contributed by atoms with Gasteiger partial charge >= 0.3 is 5.69 Å². The number of carbonyl (C=O) groups is 1. The highest BCUT2D eigenvalue weighted by atomic mass is 16.2. The van der Waals surface area contributed by atoms with Gasteiger partial charge in [-0.3, -0.25) is 13.9 Å². The Labute approximate surface area is 98.7 Å². The van der Waals surface area contributed by atoms with Crippen molar-refractivity contribution in [2.45, 2.75) is 13.5 Å². The highest BCUT2D eigenvalue weighted by molar-refractivity contribution is 5.77. The number of hydrogen-bond donors (Lipinski definition) is 1. The van der Waals surface area contributed by atoms with Crippen molar-refractivity contribution in [3.05, 3.63) is 34.2 Å². The number of nitrogens with one attached hydrogen (secondary N) is 1. The summed E-state index contributed by atoms with van der Waals surface area (Å²) in [5, 5.41) is 2.73. The van der Waals surface area contributed by atoms with E-state index in [1.807, 2.05) is 18.2 Å². The fourth-order valence-electron chi connectivity index (χ4n) is 1.89. The lowest BCUT2D eigenvalue weighted by atomic mass is 10.2. The summed E-state index contributed by atoms with van der Waals surface area (Å²) in [5.74, 6) is -0.0629. The van der Waals surface area contributed by atoms with Crippen LogP contribution in [-0.4, -0.2) is 15.0 Å². The second kappa shape index (κ2) is 4.08. The van der Waals surface area contributed by atoms with Gasteiger partial charge in [0.1, 0.15) is 0 Å². The van der Waals surface area contributed by atoms with Crippen molar-refractivity contribution in [3.8, 4) is 0 Å². The topological polar surface area (TPSA) is 56.0 Å². The SMILES string of the molecule is CC(=O)NCc1ccc2c(c1)n(C)c(=O)n2C. The van der Waals surface area contributed by atoms with Crippen LogP contribution in [0.25, 0.3) is 11.0 Å². The molecular formula is C12H15N3O2. The van der Waals surface area contributed by atoms with Crippen LogP contribution in [-0.2, 0) is 25.4 Å². The molecule has 0 atom stereocenters. The van der Waals surface area contributed by atoms with Crippen molar-refractivity contribution >= 4 is 16.9 Å². The van der Waals surface area contributed by atoms with Gasteiger partial charge in [0.2, 0.25) is 5.91 Å². The van der Waals surface area contributed by atoms with E-state index in [1.54, 1.807) is 23.2 Å². The van der Waals surface area contributed by atoms with Gasteiger partial charge in [0.05, 0.1) is 11.0 Å². The normalized spacial score (nSPS) is 10.8. The van der Waals surface area contributed by atoms with Crippen LogP contribution >= 0.6 is 0 Å². The summed E-state index contributed by atoms with van der Waals surface area (Å²) in [4.78, 5) is 22.6. The number of amides is 1. The molecule has 0 bridgehead atoms. The molecule has 5 heteroatoms. The molecule has 0 saturated carbocycles. The van der Waals surface area contributed by atoms with Gasteiger partial charge in [0.15, 0.2) is 0 Å². The average molecular weight is 233 g/mol. The molecule has 1 aromatic heterocycles. The molecule has 0 aliphatic heterocycles. The molecule has 0 unspecified atom stereocenters. The molecule has 0 aliphatic carbocycles. The Balaban J connectivity index is 2.47. The zero-order valence-corrected chi connectivity index (χ0v) is 10.2. The standard InChI is InChI=1S/C12H15N3O2/c1-8(16)13-7-9-4-5-10-11(6-9)15(3)12(17)14(10)2/h4-6H,7H2,1-3H3,(H,13,16). The maximum absolute atomic E-state index is 11.7. The Bertz CT molecular complexity index is 637. The van der Waals surface area contributed by atoms with Gasteiger partial charge in [-0.2, -0.15) is 0 Å². The van der Waals surface area contributed by atoms with Gasteiger partial charge in [-0.05, 0) is 17.7 Å². The zero-order chi connectivity index (χ0) is 12.6. The van der Waals surface area contributed by atoms with E-state index in [4.69, 9.17) is 0 Å². The van der Waals surface area contributed by atoms with E-state index in [0.717, 1.165) is 16.6 Å². The molecule has 2 rings (SSSR count). The number of carbonyl (C=O) groups excluding carboxylic acids is 1. The van der Waals surface area contributed by atoms with E-state index in [2.05, 4.69) is 5.32 Å². The van der Waals surface area contributed by atoms with Gasteiger partial charge in [-0.1, -0.05) is 6.07 Å². The third-order valence-corrected chi connectivity index (χ3v) is 2.88. The van der Waals surface area contributed by atoms with E-state index in [0.29, 0.717) is 6.54 Å². The minimum Gasteiger partial charge on any atom is -0.352 e. The Hall–Kier alpha value is -2.04. The molecule has 1 N–H and O–H groups in total. The lowest BCUT2D eigenvalue weighted by Gasteiger charge is -2.03. The first-order valence-electron chi connectivity index (χ1n) is 5.39. The van der Waals surface area contributed by atoms with Crippen molar-refractivity contribution in [1.82, 2.24) is 14.5 Å². The molecule has 0 fully saturated rings. The van der Waals surface area contributed by atoms with E-state index >= 15 is 0 Å². The molecule has 2 aromatic rings. The summed E-state index contributed by atoms with van der Waals surface area (Å²) in [6, 6.07) is 5.73. The van der Waals surface area contributed by atoms with E-state index in [9.17, 15) is 9.59 Å². The third kappa shape index (κ3) is 1.95. The number of aromatic nitrogens is 2. The Kier molecular flexibility index (Phi) is 2.75. The molecule has 1 heterocycles. The average Bonchev–Trinajstić information content (AvgIpc) is 2.52. The molecule has 90 valence electrons. The van der Waals surface area contributed by atoms with Gasteiger partial charge in [0.25, 0.3) is 0 Å². The largest absolute Gasteiger partial charge is 0.352 e. The van der Waals surface area contributed by atoms with Crippen LogP contribution in [0.3, 0.4) is 0 Å². The van der Waals surface area contributed by atoms with Crippen LogP contribution < -0.4 is 11.0 Å². The number of fused-ring (bicyclic) bond motifs is 1. The first kappa shape index (κ1) is 11.4. The van der Waals surface area contributed by atoms with Crippen molar-refractivity contribution in [3.63, 3.8) is 0 Å². The molecule has 0 radical (unpaired) electrons. The van der Waals surface area contributed by atoms with Crippen molar-refractivity contribution in [2.24, 2.45) is 14.1 Å². The van der Waals surface area contributed by atoms with E-state index < -0.39 is 0 Å². The number of rotatable bonds is 2. The van der Waals surface area contributed by atoms with Crippen LogP contribution in [0.2, 0.25) is 0 Å². The summed E-state index contributed by atoms with van der Waals surface area (Å²) in [5.41, 5.74) is 2.70. The summed E-state index contributed by atoms with van der Waals surface area (Å²) in [6.45, 7) is 1.96. The van der Waals surface area contributed by atoms with Gasteiger partial charge < -0.3 is 5.32 Å². The summed E-state index contributed by atoms with van der Waals surface area (Å²) < 4.78 is 3.21. The quantitative estimate of drug-likeness (QED) is 0.821. The van der Waals surface area contributed by atoms with Gasteiger partial charge in [-0.25, -0.2) is 4.79 Å². The molecular weight excluding hydrogens is 218 g/mol. The molecule has 17 heavy (non-hydrogen) atoms. The number of hydrogen-bond acceptors (Lipinski definition) is 2. The fraction of sp³-hybridized carbons (Fsp3) is 0.333. The second-order valence-electron chi connectivity index (χ2n) is 4.13. The van der Waals surface area contributed by atoms with Crippen LogP contribution in [0.5, 0.6) is 0 Å². The van der Waals surface area contributed by atoms with Crippen molar-refractivity contribution < 1.29 is 4.79 Å². The smallest absolute Gasteiger partial charge is 0.328 e. The van der Waals surface area contributed by atoms with Gasteiger partial charge in [-0.15, -0.1) is 0 Å². The lowest BCUT2D eigenvalue weighted by Crippen LogP contribution is -2.19. The van der Waals surface area contributed by atoms with E-state index in [1.165, 1.54) is 6.92 Å². The summed E-state index contributed by atoms with van der Waals surface area (Å²) in [7, 11) is 3.49. The summed E-state index contributed by atoms with van der Waals surface area (Å²) >= 11 is 0. The summed E-state index contributed by atoms with van der Waals surface area (Å²) in [6.07, 6.45) is 0. The molecule has 1 aromatic carbocycles.